The predicted molar refractivity (Wildman–Crippen MR) is 137 cm³/mol. The van der Waals surface area contributed by atoms with Crippen molar-refractivity contribution in [3.8, 4) is 0 Å². The van der Waals surface area contributed by atoms with E-state index in [1.165, 1.54) is 22.6 Å². The summed E-state index contributed by atoms with van der Waals surface area (Å²) in [7, 11) is 1.90. The van der Waals surface area contributed by atoms with E-state index in [0.29, 0.717) is 11.8 Å². The molecule has 2 aromatic rings. The highest BCUT2D eigenvalue weighted by Crippen LogP contribution is 2.34. The molecule has 2 saturated heterocycles. The van der Waals surface area contributed by atoms with E-state index in [1.807, 2.05) is 18.8 Å². The molecule has 0 spiro atoms. The van der Waals surface area contributed by atoms with Crippen LogP contribution in [0.1, 0.15) is 24.5 Å². The number of nitrogens with zero attached hydrogens (tertiary/aromatic N) is 2. The maximum atomic E-state index is 6.04. The van der Waals surface area contributed by atoms with Gasteiger partial charge in [0.2, 0.25) is 0 Å². The molecule has 0 saturated carbocycles. The molecule has 30 heavy (non-hydrogen) atoms. The first-order valence-corrected chi connectivity index (χ1v) is 11.6. The Bertz CT molecular complexity index is 790. The van der Waals surface area contributed by atoms with Crippen molar-refractivity contribution in [2.24, 2.45) is 16.8 Å². The van der Waals surface area contributed by atoms with Gasteiger partial charge in [-0.05, 0) is 36.5 Å². The van der Waals surface area contributed by atoms with Crippen molar-refractivity contribution in [3.05, 3.63) is 66.2 Å². The van der Waals surface area contributed by atoms with E-state index in [9.17, 15) is 0 Å². The largest absolute Gasteiger partial charge is 0.373 e. The summed E-state index contributed by atoms with van der Waals surface area (Å²) < 4.78 is 6.04. The maximum Gasteiger partial charge on any atom is 0.193 e. The van der Waals surface area contributed by atoms with Crippen LogP contribution < -0.4 is 5.32 Å². The number of ether oxygens (including phenoxy) is 1. The van der Waals surface area contributed by atoms with E-state index in [2.05, 4.69) is 75.9 Å². The Morgan fingerprint density at radius 3 is 2.57 bits per heavy atom. The highest BCUT2D eigenvalue weighted by molar-refractivity contribution is 14.0. The number of benzene rings is 2. The van der Waals surface area contributed by atoms with Gasteiger partial charge in [-0.3, -0.25) is 4.99 Å². The molecule has 0 aliphatic carbocycles. The minimum Gasteiger partial charge on any atom is -0.373 e. The zero-order valence-corrected chi connectivity index (χ0v) is 20.7. The second-order valence-electron chi connectivity index (χ2n) is 7.90. The van der Waals surface area contributed by atoms with Gasteiger partial charge in [0, 0.05) is 49.9 Å². The normalized spacial score (nSPS) is 24.0. The molecule has 2 heterocycles. The summed E-state index contributed by atoms with van der Waals surface area (Å²) in [6.07, 6.45) is 2.52. The third-order valence-corrected chi connectivity index (χ3v) is 7.13. The molecule has 4 rings (SSSR count). The van der Waals surface area contributed by atoms with Crippen molar-refractivity contribution in [2.45, 2.75) is 23.8 Å². The molecule has 3 unspecified atom stereocenters. The van der Waals surface area contributed by atoms with E-state index in [-0.39, 0.29) is 30.1 Å². The second-order valence-corrected chi connectivity index (χ2v) is 9.00. The quantitative estimate of drug-likeness (QED) is 0.242. The molecule has 2 aliphatic rings. The van der Waals surface area contributed by atoms with Gasteiger partial charge in [0.05, 0.1) is 6.10 Å². The minimum atomic E-state index is 0. The SMILES string of the molecule is CN=C(NCC1CCOC1c1ccccc1)N1CCC(CSc2ccccc2)C1.I. The number of hydrogen-bond donors (Lipinski definition) is 1. The zero-order chi connectivity index (χ0) is 19.9. The van der Waals surface area contributed by atoms with Gasteiger partial charge in [0.25, 0.3) is 0 Å². The topological polar surface area (TPSA) is 36.9 Å². The molecule has 162 valence electrons. The van der Waals surface area contributed by atoms with Gasteiger partial charge in [-0.1, -0.05) is 48.5 Å². The van der Waals surface area contributed by atoms with Crippen molar-refractivity contribution >= 4 is 41.7 Å². The number of halogens is 1. The fraction of sp³-hybridized carbons (Fsp3) is 0.458. The molecule has 2 aliphatic heterocycles. The molecule has 2 aromatic carbocycles. The van der Waals surface area contributed by atoms with Crippen molar-refractivity contribution in [3.63, 3.8) is 0 Å². The van der Waals surface area contributed by atoms with Crippen LogP contribution in [0.2, 0.25) is 0 Å². The third kappa shape index (κ3) is 6.14. The number of thioether (sulfide) groups is 1. The first-order chi connectivity index (χ1) is 14.3. The Morgan fingerprint density at radius 2 is 1.83 bits per heavy atom. The lowest BCUT2D eigenvalue weighted by atomic mass is 9.95. The Balaban J connectivity index is 0.00000256. The molecule has 3 atom stereocenters. The molecule has 0 bridgehead atoms. The highest BCUT2D eigenvalue weighted by Gasteiger charge is 2.31. The van der Waals surface area contributed by atoms with Crippen LogP contribution in [0.25, 0.3) is 0 Å². The molecular formula is C24H32IN3OS. The van der Waals surface area contributed by atoms with E-state index in [1.54, 1.807) is 0 Å². The van der Waals surface area contributed by atoms with Gasteiger partial charge in [0.1, 0.15) is 0 Å². The summed E-state index contributed by atoms with van der Waals surface area (Å²) in [5, 5.41) is 3.64. The average molecular weight is 538 g/mol. The molecule has 4 nitrogen and oxygen atoms in total. The second kappa shape index (κ2) is 12.0. The van der Waals surface area contributed by atoms with Gasteiger partial charge in [-0.15, -0.1) is 35.7 Å². The van der Waals surface area contributed by atoms with Crippen LogP contribution >= 0.6 is 35.7 Å². The van der Waals surface area contributed by atoms with Crippen LogP contribution in [0.15, 0.2) is 70.6 Å². The van der Waals surface area contributed by atoms with Crippen LogP contribution in [0.5, 0.6) is 0 Å². The first-order valence-electron chi connectivity index (χ1n) is 10.6. The molecule has 0 aromatic heterocycles. The Hall–Kier alpha value is -1.25. The summed E-state index contributed by atoms with van der Waals surface area (Å²) in [5.41, 5.74) is 1.28. The lowest BCUT2D eigenvalue weighted by Gasteiger charge is -2.25. The van der Waals surface area contributed by atoms with Gasteiger partial charge in [-0.25, -0.2) is 0 Å². The van der Waals surface area contributed by atoms with Crippen molar-refractivity contribution in [1.29, 1.82) is 0 Å². The Morgan fingerprint density at radius 1 is 1.10 bits per heavy atom. The van der Waals surface area contributed by atoms with Gasteiger partial charge >= 0.3 is 0 Å². The van der Waals surface area contributed by atoms with E-state index in [4.69, 9.17) is 4.74 Å². The van der Waals surface area contributed by atoms with Gasteiger partial charge in [0.15, 0.2) is 5.96 Å². The monoisotopic (exact) mass is 537 g/mol. The summed E-state index contributed by atoms with van der Waals surface area (Å²) in [6.45, 7) is 3.92. The lowest BCUT2D eigenvalue weighted by Crippen LogP contribution is -2.42. The fourth-order valence-electron chi connectivity index (χ4n) is 4.30. The van der Waals surface area contributed by atoms with Crippen LogP contribution in [0.4, 0.5) is 0 Å². The summed E-state index contributed by atoms with van der Waals surface area (Å²) in [6, 6.07) is 21.3. The smallest absolute Gasteiger partial charge is 0.193 e. The molecule has 0 amide bonds. The highest BCUT2D eigenvalue weighted by atomic mass is 127. The number of aliphatic imine (C=N–C) groups is 1. The van der Waals surface area contributed by atoms with Crippen LogP contribution in [-0.4, -0.2) is 49.9 Å². The molecular weight excluding hydrogens is 505 g/mol. The summed E-state index contributed by atoms with van der Waals surface area (Å²) in [5.74, 6) is 3.41. The fourth-order valence-corrected chi connectivity index (χ4v) is 5.35. The lowest BCUT2D eigenvalue weighted by molar-refractivity contribution is 0.0914. The average Bonchev–Trinajstić information content (AvgIpc) is 3.44. The van der Waals surface area contributed by atoms with Gasteiger partial charge < -0.3 is 15.0 Å². The molecule has 2 fully saturated rings. The van der Waals surface area contributed by atoms with Crippen molar-refractivity contribution in [1.82, 2.24) is 10.2 Å². The standard InChI is InChI=1S/C24H31N3OS.HI/c1-25-24(26-16-21-13-15-28-23(21)20-8-4-2-5-9-20)27-14-12-19(17-27)18-29-22-10-6-3-7-11-22;/h2-11,19,21,23H,12-18H2,1H3,(H,25,26);1H. The van der Waals surface area contributed by atoms with E-state index < -0.39 is 0 Å². The van der Waals surface area contributed by atoms with Crippen molar-refractivity contribution in [2.75, 3.05) is 39.0 Å². The molecule has 6 heteroatoms. The number of nitrogens with one attached hydrogen (secondary N) is 1. The third-order valence-electron chi connectivity index (χ3n) is 5.89. The Labute approximate surface area is 201 Å². The van der Waals surface area contributed by atoms with E-state index >= 15 is 0 Å². The van der Waals surface area contributed by atoms with Crippen LogP contribution in [-0.2, 0) is 4.74 Å². The molecule has 0 radical (unpaired) electrons. The zero-order valence-electron chi connectivity index (χ0n) is 17.6. The Kier molecular flexibility index (Phi) is 9.33. The number of likely N-dealkylation sites (tertiary alicyclic amines) is 1. The van der Waals surface area contributed by atoms with Gasteiger partial charge in [-0.2, -0.15) is 0 Å². The summed E-state index contributed by atoms with van der Waals surface area (Å²) >= 11 is 1.97. The summed E-state index contributed by atoms with van der Waals surface area (Å²) in [4.78, 5) is 8.35. The number of rotatable bonds is 6. The van der Waals surface area contributed by atoms with E-state index in [0.717, 1.165) is 38.6 Å². The van der Waals surface area contributed by atoms with Crippen LogP contribution in [0, 0.1) is 11.8 Å². The maximum absolute atomic E-state index is 6.04. The number of guanidine groups is 1. The van der Waals surface area contributed by atoms with Crippen molar-refractivity contribution < 1.29 is 4.74 Å². The minimum absolute atomic E-state index is 0. The van der Waals surface area contributed by atoms with Crippen LogP contribution in [0.3, 0.4) is 0 Å². The first kappa shape index (κ1) is 23.4. The predicted octanol–water partition coefficient (Wildman–Crippen LogP) is 5.07. The number of hydrogen-bond acceptors (Lipinski definition) is 3. The molecule has 1 N–H and O–H groups in total.